The lowest BCUT2D eigenvalue weighted by Crippen LogP contribution is -2.20. The highest BCUT2D eigenvalue weighted by atomic mass is 32.1. The summed E-state index contributed by atoms with van der Waals surface area (Å²) in [5, 5.41) is 3.51. The first-order chi connectivity index (χ1) is 14.8. The Bertz CT molecular complexity index is 1220. The molecular formula is C22H16F3N3O2S. The fourth-order valence-corrected chi connectivity index (χ4v) is 3.78. The molecule has 1 amide bonds. The number of hydrogen-bond donors (Lipinski definition) is 1. The zero-order valence-corrected chi connectivity index (χ0v) is 17.1. The first-order valence-electron chi connectivity index (χ1n) is 9.22. The van der Waals surface area contributed by atoms with Gasteiger partial charge in [-0.2, -0.15) is 13.2 Å². The number of fused-ring (bicyclic) bond motifs is 1. The van der Waals surface area contributed by atoms with Gasteiger partial charge in [-0.25, -0.2) is 9.97 Å². The second-order valence-corrected chi connectivity index (χ2v) is 7.72. The molecule has 0 atom stereocenters. The summed E-state index contributed by atoms with van der Waals surface area (Å²) in [6.45, 7) is 1.42. The predicted molar refractivity (Wildman–Crippen MR) is 113 cm³/mol. The second-order valence-electron chi connectivity index (χ2n) is 6.74. The molecule has 4 aromatic rings. The van der Waals surface area contributed by atoms with E-state index in [0.717, 1.165) is 38.6 Å². The van der Waals surface area contributed by atoms with E-state index >= 15 is 0 Å². The van der Waals surface area contributed by atoms with Crippen molar-refractivity contribution in [3.63, 3.8) is 0 Å². The number of aryl methyl sites for hydroxylation is 1. The molecule has 0 saturated carbocycles. The van der Waals surface area contributed by atoms with Gasteiger partial charge in [0.25, 0.3) is 5.91 Å². The number of rotatable bonds is 5. The number of pyridine rings is 1. The van der Waals surface area contributed by atoms with Crippen molar-refractivity contribution in [3.05, 3.63) is 71.9 Å². The highest BCUT2D eigenvalue weighted by Crippen LogP contribution is 2.32. The Balaban J connectivity index is 1.46. The minimum atomic E-state index is -4.48. The molecule has 31 heavy (non-hydrogen) atoms. The Morgan fingerprint density at radius 2 is 1.97 bits per heavy atom. The Kier molecular flexibility index (Phi) is 5.60. The maximum atomic E-state index is 12.8. The summed E-state index contributed by atoms with van der Waals surface area (Å²) in [7, 11) is 0. The highest BCUT2D eigenvalue weighted by Gasteiger charge is 2.30. The van der Waals surface area contributed by atoms with Gasteiger partial charge in [0, 0.05) is 17.4 Å². The molecule has 0 unspecified atom stereocenters. The number of hydrogen-bond acceptors (Lipinski definition) is 5. The van der Waals surface area contributed by atoms with Gasteiger partial charge in [0.15, 0.2) is 6.61 Å². The van der Waals surface area contributed by atoms with Crippen LogP contribution in [-0.2, 0) is 11.0 Å². The average Bonchev–Trinajstić information content (AvgIpc) is 3.18. The van der Waals surface area contributed by atoms with Crippen molar-refractivity contribution in [1.29, 1.82) is 0 Å². The molecule has 4 rings (SSSR count). The minimum Gasteiger partial charge on any atom is -0.484 e. The molecule has 9 heteroatoms. The molecule has 2 heterocycles. The van der Waals surface area contributed by atoms with Crippen LogP contribution < -0.4 is 10.1 Å². The molecule has 2 aromatic heterocycles. The number of halogens is 3. The molecule has 0 fully saturated rings. The van der Waals surface area contributed by atoms with Crippen LogP contribution in [0, 0.1) is 6.92 Å². The van der Waals surface area contributed by atoms with Gasteiger partial charge < -0.3 is 10.1 Å². The largest absolute Gasteiger partial charge is 0.484 e. The van der Waals surface area contributed by atoms with E-state index in [1.54, 1.807) is 12.3 Å². The molecule has 0 aliphatic carbocycles. The Morgan fingerprint density at radius 1 is 1.13 bits per heavy atom. The normalized spacial score (nSPS) is 11.5. The molecule has 158 valence electrons. The monoisotopic (exact) mass is 443 g/mol. The summed E-state index contributed by atoms with van der Waals surface area (Å²) in [5.74, 6) is -0.513. The van der Waals surface area contributed by atoms with Gasteiger partial charge in [-0.05, 0) is 48.9 Å². The number of benzene rings is 2. The molecule has 0 radical (unpaired) electrons. The van der Waals surface area contributed by atoms with Crippen LogP contribution in [0.2, 0.25) is 0 Å². The molecule has 0 bridgehead atoms. The first kappa shape index (κ1) is 20.8. The van der Waals surface area contributed by atoms with Crippen LogP contribution >= 0.6 is 11.3 Å². The lowest BCUT2D eigenvalue weighted by molar-refractivity contribution is -0.137. The van der Waals surface area contributed by atoms with Crippen LogP contribution in [-0.4, -0.2) is 22.5 Å². The van der Waals surface area contributed by atoms with E-state index in [4.69, 9.17) is 4.74 Å². The maximum Gasteiger partial charge on any atom is 0.416 e. The quantitative estimate of drug-likeness (QED) is 0.430. The average molecular weight is 443 g/mol. The smallest absolute Gasteiger partial charge is 0.416 e. The van der Waals surface area contributed by atoms with E-state index in [0.29, 0.717) is 5.69 Å². The van der Waals surface area contributed by atoms with E-state index in [1.807, 2.05) is 31.2 Å². The van der Waals surface area contributed by atoms with E-state index in [-0.39, 0.29) is 5.75 Å². The molecule has 0 spiro atoms. The summed E-state index contributed by atoms with van der Waals surface area (Å²) < 4.78 is 43.6. The van der Waals surface area contributed by atoms with Gasteiger partial charge in [-0.15, -0.1) is 0 Å². The van der Waals surface area contributed by atoms with Crippen LogP contribution in [0.4, 0.5) is 18.9 Å². The summed E-state index contributed by atoms with van der Waals surface area (Å²) >= 11 is 1.44. The Morgan fingerprint density at radius 3 is 2.74 bits per heavy atom. The van der Waals surface area contributed by atoms with Crippen molar-refractivity contribution >= 4 is 33.3 Å². The third-order valence-corrected chi connectivity index (χ3v) is 5.48. The maximum absolute atomic E-state index is 12.8. The number of ether oxygens (including phenoxy) is 1. The molecular weight excluding hydrogens is 427 g/mol. The van der Waals surface area contributed by atoms with Gasteiger partial charge >= 0.3 is 6.18 Å². The van der Waals surface area contributed by atoms with E-state index in [9.17, 15) is 18.0 Å². The van der Waals surface area contributed by atoms with Gasteiger partial charge in [-0.3, -0.25) is 4.79 Å². The number of anilines is 1. The number of thiazole rings is 1. The molecule has 0 aliphatic heterocycles. The molecule has 1 N–H and O–H groups in total. The Labute approximate surface area is 179 Å². The first-order valence-corrected chi connectivity index (χ1v) is 10.0. The molecule has 0 saturated heterocycles. The van der Waals surface area contributed by atoms with Crippen LogP contribution in [0.5, 0.6) is 5.75 Å². The fourth-order valence-electron chi connectivity index (χ4n) is 2.88. The van der Waals surface area contributed by atoms with Crippen molar-refractivity contribution in [1.82, 2.24) is 9.97 Å². The number of carbonyl (C=O) groups is 1. The van der Waals surface area contributed by atoms with Gasteiger partial charge in [0.2, 0.25) is 0 Å². The third-order valence-electron chi connectivity index (χ3n) is 4.46. The number of nitrogens with zero attached hydrogens (tertiary/aromatic N) is 2. The van der Waals surface area contributed by atoms with Crippen LogP contribution in [0.1, 0.15) is 11.1 Å². The van der Waals surface area contributed by atoms with Gasteiger partial charge in [0.1, 0.15) is 21.1 Å². The fraction of sp³-hybridized carbons (Fsp3) is 0.136. The van der Waals surface area contributed by atoms with Gasteiger partial charge in [-0.1, -0.05) is 29.5 Å². The van der Waals surface area contributed by atoms with Crippen LogP contribution in [0.15, 0.2) is 60.8 Å². The van der Waals surface area contributed by atoms with Crippen molar-refractivity contribution < 1.29 is 22.7 Å². The standard InChI is InChI=1S/C22H16F3N3O2S/c1-13-7-8-14(20-28-17-6-3-9-26-21(17)31-20)10-18(13)27-19(29)12-30-16-5-2-4-15(11-16)22(23,24)25/h2-11H,12H2,1H3,(H,27,29). The van der Waals surface area contributed by atoms with E-state index in [2.05, 4.69) is 15.3 Å². The molecule has 5 nitrogen and oxygen atoms in total. The van der Waals surface area contributed by atoms with Crippen molar-refractivity contribution in [2.24, 2.45) is 0 Å². The lowest BCUT2D eigenvalue weighted by Gasteiger charge is -2.12. The number of nitrogens with one attached hydrogen (secondary N) is 1. The highest BCUT2D eigenvalue weighted by molar-refractivity contribution is 7.21. The second kappa shape index (κ2) is 8.35. The van der Waals surface area contributed by atoms with Crippen molar-refractivity contribution in [2.75, 3.05) is 11.9 Å². The summed E-state index contributed by atoms with van der Waals surface area (Å²) in [5.41, 5.74) is 2.18. The predicted octanol–water partition coefficient (Wildman–Crippen LogP) is 5.70. The number of amides is 1. The van der Waals surface area contributed by atoms with Gasteiger partial charge in [0.05, 0.1) is 5.56 Å². The SMILES string of the molecule is Cc1ccc(-c2nc3cccnc3s2)cc1NC(=O)COc1cccc(C(F)(F)F)c1. The molecule has 0 aliphatic rings. The number of alkyl halides is 3. The minimum absolute atomic E-state index is 0.0302. The third kappa shape index (κ3) is 4.83. The zero-order chi connectivity index (χ0) is 22.0. The lowest BCUT2D eigenvalue weighted by atomic mass is 10.1. The van der Waals surface area contributed by atoms with E-state index < -0.39 is 24.3 Å². The van der Waals surface area contributed by atoms with Crippen molar-refractivity contribution in [2.45, 2.75) is 13.1 Å². The number of aromatic nitrogens is 2. The molecule has 2 aromatic carbocycles. The van der Waals surface area contributed by atoms with Crippen LogP contribution in [0.3, 0.4) is 0 Å². The van der Waals surface area contributed by atoms with Crippen LogP contribution in [0.25, 0.3) is 20.9 Å². The zero-order valence-electron chi connectivity index (χ0n) is 16.2. The topological polar surface area (TPSA) is 64.1 Å². The Hall–Kier alpha value is -3.46. The summed E-state index contributed by atoms with van der Waals surface area (Å²) in [6.07, 6.45) is -2.77. The summed E-state index contributed by atoms with van der Waals surface area (Å²) in [4.78, 5) is 22.0. The van der Waals surface area contributed by atoms with E-state index in [1.165, 1.54) is 23.5 Å². The van der Waals surface area contributed by atoms with Crippen molar-refractivity contribution in [3.8, 4) is 16.3 Å². The summed E-state index contributed by atoms with van der Waals surface area (Å²) in [6, 6.07) is 13.7. The number of carbonyl (C=O) groups excluding carboxylic acids is 1.